The number of rotatable bonds is 4. The Balaban J connectivity index is 2.30. The van der Waals surface area contributed by atoms with E-state index in [1.54, 1.807) is 0 Å². The van der Waals surface area contributed by atoms with Crippen LogP contribution in [-0.4, -0.2) is 57.0 Å². The van der Waals surface area contributed by atoms with Crippen molar-refractivity contribution in [1.82, 2.24) is 20.2 Å². The van der Waals surface area contributed by atoms with Gasteiger partial charge in [-0.2, -0.15) is 0 Å². The summed E-state index contributed by atoms with van der Waals surface area (Å²) in [5.41, 5.74) is 0.000129. The zero-order valence-electron chi connectivity index (χ0n) is 10.0. The van der Waals surface area contributed by atoms with Crippen molar-refractivity contribution in [2.45, 2.75) is 6.04 Å². The van der Waals surface area contributed by atoms with E-state index in [1.807, 2.05) is 0 Å². The Labute approximate surface area is 108 Å². The van der Waals surface area contributed by atoms with Crippen LogP contribution in [0, 0.1) is 10.1 Å². The van der Waals surface area contributed by atoms with Gasteiger partial charge in [0.15, 0.2) is 11.9 Å². The molecule has 1 aromatic rings. The largest absolute Gasteiger partial charge is 0.395 e. The van der Waals surface area contributed by atoms with E-state index in [9.17, 15) is 14.9 Å². The summed E-state index contributed by atoms with van der Waals surface area (Å²) < 4.78 is 0. The molecule has 1 aromatic heterocycles. The lowest BCUT2D eigenvalue weighted by atomic mass is 10.1. The van der Waals surface area contributed by atoms with Gasteiger partial charge >= 0.3 is 5.82 Å². The van der Waals surface area contributed by atoms with Crippen molar-refractivity contribution in [2.75, 3.05) is 26.2 Å². The normalized spacial score (nSPS) is 19.5. The number of hydrogen-bond donors (Lipinski definition) is 2. The molecule has 102 valence electrons. The number of nitro groups is 1. The molecule has 1 atom stereocenters. The first-order chi connectivity index (χ1) is 9.15. The van der Waals surface area contributed by atoms with Crippen molar-refractivity contribution in [3.8, 4) is 0 Å². The number of nitrogens with zero attached hydrogens (tertiary/aromatic N) is 4. The van der Waals surface area contributed by atoms with Crippen LogP contribution in [0.3, 0.4) is 0 Å². The minimum Gasteiger partial charge on any atom is -0.395 e. The summed E-state index contributed by atoms with van der Waals surface area (Å²) in [5, 5.41) is 22.7. The number of aromatic nitrogens is 2. The lowest BCUT2D eigenvalue weighted by Gasteiger charge is -2.31. The average Bonchev–Trinajstić information content (AvgIpc) is 2.41. The summed E-state index contributed by atoms with van der Waals surface area (Å²) in [6, 6.07) is -0.894. The number of amides is 1. The van der Waals surface area contributed by atoms with Crippen molar-refractivity contribution < 1.29 is 14.8 Å². The minimum absolute atomic E-state index is 0.000129. The molecule has 1 aliphatic rings. The number of aliphatic hydroxyl groups is 1. The van der Waals surface area contributed by atoms with Crippen molar-refractivity contribution in [3.05, 3.63) is 28.2 Å². The van der Waals surface area contributed by atoms with Gasteiger partial charge in [0.2, 0.25) is 5.91 Å². The van der Waals surface area contributed by atoms with Gasteiger partial charge in [-0.3, -0.25) is 10.1 Å². The van der Waals surface area contributed by atoms with Crippen LogP contribution in [0.5, 0.6) is 0 Å². The number of carbonyl (C=O) groups excluding carboxylic acids is 1. The van der Waals surface area contributed by atoms with E-state index in [0.717, 1.165) is 0 Å². The van der Waals surface area contributed by atoms with Gasteiger partial charge in [0, 0.05) is 19.6 Å². The van der Waals surface area contributed by atoms with E-state index in [-0.39, 0.29) is 24.8 Å². The van der Waals surface area contributed by atoms with E-state index in [4.69, 9.17) is 5.11 Å². The summed E-state index contributed by atoms with van der Waals surface area (Å²) in [5.74, 6) is -0.775. The first kappa shape index (κ1) is 13.3. The molecule has 0 aliphatic carbocycles. The third-order valence-corrected chi connectivity index (χ3v) is 2.81. The number of β-amino-alcohol motifs (C(OH)–C–C–N with tert-alkyl or cyclic N) is 1. The Morgan fingerprint density at radius 2 is 2.26 bits per heavy atom. The smallest absolute Gasteiger partial charge is 0.387 e. The molecule has 0 bridgehead atoms. The van der Waals surface area contributed by atoms with Gasteiger partial charge in [0.1, 0.15) is 6.04 Å². The highest BCUT2D eigenvalue weighted by Crippen LogP contribution is 2.23. The molecule has 2 rings (SSSR count). The molecule has 9 heteroatoms. The van der Waals surface area contributed by atoms with Crippen LogP contribution in [-0.2, 0) is 4.79 Å². The summed E-state index contributed by atoms with van der Waals surface area (Å²) in [6.45, 7) is 0.972. The van der Waals surface area contributed by atoms with Gasteiger partial charge in [-0.1, -0.05) is 0 Å². The van der Waals surface area contributed by atoms with E-state index < -0.39 is 16.8 Å². The van der Waals surface area contributed by atoms with Crippen LogP contribution in [0.25, 0.3) is 0 Å². The predicted molar refractivity (Wildman–Crippen MR) is 63.1 cm³/mol. The highest BCUT2D eigenvalue weighted by Gasteiger charge is 2.35. The average molecular weight is 267 g/mol. The number of nitrogens with one attached hydrogen (secondary N) is 1. The molecule has 9 nitrogen and oxygen atoms in total. The molecule has 1 aliphatic heterocycles. The summed E-state index contributed by atoms with van der Waals surface area (Å²) in [7, 11) is 0. The monoisotopic (exact) mass is 267 g/mol. The van der Waals surface area contributed by atoms with Gasteiger partial charge in [-0.25, -0.2) is 4.98 Å². The SMILES string of the molecule is O=C1C(c2nccnc2[N+](=O)[O-])NCCN1CCO. The summed E-state index contributed by atoms with van der Waals surface area (Å²) in [4.78, 5) is 31.4. The molecule has 1 amide bonds. The van der Waals surface area contributed by atoms with Crippen LogP contribution in [0.2, 0.25) is 0 Å². The van der Waals surface area contributed by atoms with Gasteiger partial charge in [-0.05, 0) is 9.91 Å². The maximum absolute atomic E-state index is 12.2. The predicted octanol–water partition coefficient (Wildman–Crippen LogP) is -1.15. The van der Waals surface area contributed by atoms with Gasteiger partial charge in [0.25, 0.3) is 0 Å². The Bertz CT molecular complexity index is 493. The van der Waals surface area contributed by atoms with Gasteiger partial charge < -0.3 is 20.1 Å². The molecule has 2 N–H and O–H groups in total. The highest BCUT2D eigenvalue weighted by molar-refractivity contribution is 5.84. The molecule has 0 aromatic carbocycles. The van der Waals surface area contributed by atoms with E-state index in [0.29, 0.717) is 13.1 Å². The Morgan fingerprint density at radius 3 is 2.95 bits per heavy atom. The quantitative estimate of drug-likeness (QED) is 0.521. The standard InChI is InChI=1S/C10H13N5O4/c16-6-5-14-4-3-12-8(10(14)17)7-9(15(18)19)13-2-1-11-7/h1-2,8,12,16H,3-6H2. The number of piperazine rings is 1. The molecule has 19 heavy (non-hydrogen) atoms. The van der Waals surface area contributed by atoms with Crippen molar-refractivity contribution in [1.29, 1.82) is 0 Å². The second-order valence-corrected chi connectivity index (χ2v) is 3.96. The molecular formula is C10H13N5O4. The number of carbonyl (C=O) groups is 1. The Morgan fingerprint density at radius 1 is 1.53 bits per heavy atom. The zero-order valence-corrected chi connectivity index (χ0v) is 10.0. The van der Waals surface area contributed by atoms with Crippen LogP contribution in [0.1, 0.15) is 11.7 Å². The number of aliphatic hydroxyl groups excluding tert-OH is 1. The van der Waals surface area contributed by atoms with Crippen LogP contribution >= 0.6 is 0 Å². The fourth-order valence-electron chi connectivity index (χ4n) is 1.97. The topological polar surface area (TPSA) is 121 Å². The Hall–Kier alpha value is -2.13. The van der Waals surface area contributed by atoms with Crippen molar-refractivity contribution in [3.63, 3.8) is 0 Å². The maximum Gasteiger partial charge on any atom is 0.387 e. The van der Waals surface area contributed by atoms with E-state index in [1.165, 1.54) is 17.3 Å². The Kier molecular flexibility index (Phi) is 3.97. The number of hydrogen-bond acceptors (Lipinski definition) is 7. The molecule has 0 saturated carbocycles. The minimum atomic E-state index is -0.894. The second kappa shape index (κ2) is 5.67. The van der Waals surface area contributed by atoms with E-state index in [2.05, 4.69) is 15.3 Å². The van der Waals surface area contributed by atoms with Gasteiger partial charge in [0.05, 0.1) is 12.8 Å². The molecule has 0 spiro atoms. The van der Waals surface area contributed by atoms with Crippen LogP contribution in [0.15, 0.2) is 12.4 Å². The fourth-order valence-corrected chi connectivity index (χ4v) is 1.97. The molecule has 1 unspecified atom stereocenters. The molecule has 1 saturated heterocycles. The van der Waals surface area contributed by atoms with Crippen LogP contribution < -0.4 is 5.32 Å². The molecule has 2 heterocycles. The first-order valence-corrected chi connectivity index (χ1v) is 5.73. The molecular weight excluding hydrogens is 254 g/mol. The van der Waals surface area contributed by atoms with Crippen molar-refractivity contribution >= 4 is 11.7 Å². The lowest BCUT2D eigenvalue weighted by Crippen LogP contribution is -2.51. The summed E-state index contributed by atoms with van der Waals surface area (Å²) in [6.07, 6.45) is 2.52. The fraction of sp³-hybridized carbons (Fsp3) is 0.500. The molecule has 1 fully saturated rings. The first-order valence-electron chi connectivity index (χ1n) is 5.73. The lowest BCUT2D eigenvalue weighted by molar-refractivity contribution is -0.390. The zero-order chi connectivity index (χ0) is 13.8. The second-order valence-electron chi connectivity index (χ2n) is 3.96. The summed E-state index contributed by atoms with van der Waals surface area (Å²) >= 11 is 0. The highest BCUT2D eigenvalue weighted by atomic mass is 16.6. The van der Waals surface area contributed by atoms with E-state index >= 15 is 0 Å². The van der Waals surface area contributed by atoms with Gasteiger partial charge in [-0.15, -0.1) is 0 Å². The third-order valence-electron chi connectivity index (χ3n) is 2.81. The maximum atomic E-state index is 12.2. The molecule has 0 radical (unpaired) electrons. The van der Waals surface area contributed by atoms with Crippen LogP contribution in [0.4, 0.5) is 5.82 Å². The third kappa shape index (κ3) is 2.66. The van der Waals surface area contributed by atoms with Crippen molar-refractivity contribution in [2.24, 2.45) is 0 Å².